The standard InChI is InChI=1S/C20H21F3N4O3/c21-20(22,23)19-24-15(13-5-2-1-3-6-13)16(25-19)18(29)27-10-8-26(9-11-27)17(28)14-7-4-12-30-14/h1-3,5-6,14H,4,7-12H2,(H,24,25). The summed E-state index contributed by atoms with van der Waals surface area (Å²) in [6, 6.07) is 8.27. The Morgan fingerprint density at radius 1 is 1.07 bits per heavy atom. The Labute approximate surface area is 170 Å². The minimum absolute atomic E-state index is 0.0363. The Morgan fingerprint density at radius 3 is 2.33 bits per heavy atom. The number of benzene rings is 1. The van der Waals surface area contributed by atoms with Crippen LogP contribution in [0.25, 0.3) is 11.3 Å². The highest BCUT2D eigenvalue weighted by Crippen LogP contribution is 2.31. The van der Waals surface area contributed by atoms with E-state index < -0.39 is 24.0 Å². The van der Waals surface area contributed by atoms with E-state index in [1.54, 1.807) is 35.2 Å². The third-order valence-corrected chi connectivity index (χ3v) is 5.32. The molecule has 2 aliphatic rings. The van der Waals surface area contributed by atoms with Gasteiger partial charge in [-0.05, 0) is 12.8 Å². The van der Waals surface area contributed by atoms with E-state index in [1.165, 1.54) is 4.90 Å². The Hall–Kier alpha value is -2.88. The van der Waals surface area contributed by atoms with Gasteiger partial charge in [0.25, 0.3) is 11.8 Å². The summed E-state index contributed by atoms with van der Waals surface area (Å²) in [5.74, 6) is -1.87. The summed E-state index contributed by atoms with van der Waals surface area (Å²) in [4.78, 5) is 34.4. The number of nitrogens with one attached hydrogen (secondary N) is 1. The number of nitrogens with zero attached hydrogens (tertiary/aromatic N) is 3. The number of aromatic nitrogens is 2. The molecule has 0 aliphatic carbocycles. The van der Waals surface area contributed by atoms with Gasteiger partial charge in [-0.15, -0.1) is 0 Å². The highest BCUT2D eigenvalue weighted by molar-refractivity contribution is 5.98. The van der Waals surface area contributed by atoms with Crippen molar-refractivity contribution in [2.45, 2.75) is 25.1 Å². The van der Waals surface area contributed by atoms with E-state index in [-0.39, 0.29) is 30.4 Å². The summed E-state index contributed by atoms with van der Waals surface area (Å²) in [7, 11) is 0. The molecule has 30 heavy (non-hydrogen) atoms. The number of imidazole rings is 1. The number of H-pyrrole nitrogens is 1. The monoisotopic (exact) mass is 422 g/mol. The van der Waals surface area contributed by atoms with Crippen LogP contribution in [0.15, 0.2) is 30.3 Å². The van der Waals surface area contributed by atoms with Crippen molar-refractivity contribution in [3.05, 3.63) is 41.9 Å². The predicted octanol–water partition coefficient (Wildman–Crippen LogP) is 2.56. The molecule has 10 heteroatoms. The maximum Gasteiger partial charge on any atom is 0.449 e. The molecule has 1 N–H and O–H groups in total. The highest BCUT2D eigenvalue weighted by Gasteiger charge is 2.38. The van der Waals surface area contributed by atoms with Crippen molar-refractivity contribution < 1.29 is 27.5 Å². The van der Waals surface area contributed by atoms with Gasteiger partial charge in [-0.1, -0.05) is 30.3 Å². The van der Waals surface area contributed by atoms with E-state index in [0.717, 1.165) is 6.42 Å². The Kier molecular flexibility index (Phi) is 5.50. The number of piperazine rings is 1. The van der Waals surface area contributed by atoms with Gasteiger partial charge in [0.05, 0.1) is 0 Å². The summed E-state index contributed by atoms with van der Waals surface area (Å²) in [6.07, 6.45) is -3.60. The third-order valence-electron chi connectivity index (χ3n) is 5.32. The fourth-order valence-corrected chi connectivity index (χ4v) is 3.73. The van der Waals surface area contributed by atoms with Gasteiger partial charge in [-0.25, -0.2) is 4.98 Å². The molecule has 0 spiro atoms. The first kappa shape index (κ1) is 20.4. The molecular weight excluding hydrogens is 401 g/mol. The summed E-state index contributed by atoms with van der Waals surface area (Å²) >= 11 is 0. The van der Waals surface area contributed by atoms with Crippen LogP contribution in [0.1, 0.15) is 29.2 Å². The molecule has 1 unspecified atom stereocenters. The molecule has 2 aromatic rings. The van der Waals surface area contributed by atoms with Gasteiger partial charge in [0.15, 0.2) is 0 Å². The van der Waals surface area contributed by atoms with Crippen LogP contribution in [0.5, 0.6) is 0 Å². The van der Waals surface area contributed by atoms with Crippen molar-refractivity contribution in [2.24, 2.45) is 0 Å². The van der Waals surface area contributed by atoms with Gasteiger partial charge < -0.3 is 19.5 Å². The van der Waals surface area contributed by atoms with Crippen LogP contribution in [0.2, 0.25) is 0 Å². The van der Waals surface area contributed by atoms with Crippen molar-refractivity contribution >= 4 is 11.8 Å². The smallest absolute Gasteiger partial charge is 0.368 e. The van der Waals surface area contributed by atoms with Gasteiger partial charge in [-0.3, -0.25) is 9.59 Å². The number of carbonyl (C=O) groups excluding carboxylic acids is 2. The summed E-state index contributed by atoms with van der Waals surface area (Å²) in [5, 5.41) is 0. The zero-order valence-corrected chi connectivity index (χ0v) is 16.1. The predicted molar refractivity (Wildman–Crippen MR) is 100 cm³/mol. The van der Waals surface area contributed by atoms with E-state index >= 15 is 0 Å². The summed E-state index contributed by atoms with van der Waals surface area (Å²) < 4.78 is 45.1. The number of hydrogen-bond donors (Lipinski definition) is 1. The van der Waals surface area contributed by atoms with Crippen molar-refractivity contribution in [1.82, 2.24) is 19.8 Å². The molecule has 160 valence electrons. The number of halogens is 3. The van der Waals surface area contributed by atoms with Gasteiger partial charge in [-0.2, -0.15) is 13.2 Å². The lowest BCUT2D eigenvalue weighted by atomic mass is 10.1. The molecule has 2 amide bonds. The maximum atomic E-state index is 13.2. The second-order valence-corrected chi connectivity index (χ2v) is 7.29. The van der Waals surface area contributed by atoms with Crippen LogP contribution in [-0.2, 0) is 15.7 Å². The molecule has 1 aromatic heterocycles. The van der Waals surface area contributed by atoms with Crippen LogP contribution in [-0.4, -0.2) is 70.5 Å². The largest absolute Gasteiger partial charge is 0.449 e. The minimum Gasteiger partial charge on any atom is -0.368 e. The van der Waals surface area contributed by atoms with E-state index in [4.69, 9.17) is 4.74 Å². The number of alkyl halides is 3. The van der Waals surface area contributed by atoms with E-state index in [9.17, 15) is 22.8 Å². The molecule has 2 aliphatic heterocycles. The van der Waals surface area contributed by atoms with Crippen molar-refractivity contribution in [1.29, 1.82) is 0 Å². The number of hydrogen-bond acceptors (Lipinski definition) is 4. The SMILES string of the molecule is O=C(c1[nH]c(C(F)(F)F)nc1-c1ccccc1)N1CCN(C(=O)C2CCCO2)CC1. The van der Waals surface area contributed by atoms with Crippen LogP contribution in [0.3, 0.4) is 0 Å². The fourth-order valence-electron chi connectivity index (χ4n) is 3.73. The molecular formula is C20H21F3N4O3. The fraction of sp³-hybridized carbons (Fsp3) is 0.450. The van der Waals surface area contributed by atoms with Crippen molar-refractivity contribution in [3.63, 3.8) is 0 Å². The van der Waals surface area contributed by atoms with Crippen LogP contribution in [0, 0.1) is 0 Å². The van der Waals surface area contributed by atoms with Crippen molar-refractivity contribution in [3.8, 4) is 11.3 Å². The quantitative estimate of drug-likeness (QED) is 0.825. The molecule has 3 heterocycles. The Bertz CT molecular complexity index is 915. The summed E-state index contributed by atoms with van der Waals surface area (Å²) in [5.41, 5.74) is 0.179. The van der Waals surface area contributed by atoms with Crippen molar-refractivity contribution in [2.75, 3.05) is 32.8 Å². The first-order chi connectivity index (χ1) is 14.3. The minimum atomic E-state index is -4.70. The van der Waals surface area contributed by atoms with E-state index in [0.29, 0.717) is 31.7 Å². The maximum absolute atomic E-state index is 13.2. The molecule has 0 radical (unpaired) electrons. The summed E-state index contributed by atoms with van der Waals surface area (Å²) in [6.45, 7) is 1.65. The average molecular weight is 422 g/mol. The first-order valence-corrected chi connectivity index (χ1v) is 9.77. The number of amides is 2. The number of ether oxygens (including phenoxy) is 1. The molecule has 7 nitrogen and oxygen atoms in total. The zero-order valence-electron chi connectivity index (χ0n) is 16.1. The lowest BCUT2D eigenvalue weighted by molar-refractivity contribution is -0.144. The molecule has 4 rings (SSSR count). The van der Waals surface area contributed by atoms with Gasteiger partial charge in [0.2, 0.25) is 5.82 Å². The number of aromatic amines is 1. The van der Waals surface area contributed by atoms with Gasteiger partial charge in [0.1, 0.15) is 17.5 Å². The average Bonchev–Trinajstić information content (AvgIpc) is 3.43. The Morgan fingerprint density at radius 2 is 1.73 bits per heavy atom. The molecule has 1 atom stereocenters. The lowest BCUT2D eigenvalue weighted by Crippen LogP contribution is -2.53. The first-order valence-electron chi connectivity index (χ1n) is 9.77. The van der Waals surface area contributed by atoms with Crippen LogP contribution < -0.4 is 0 Å². The molecule has 0 bridgehead atoms. The van der Waals surface area contributed by atoms with E-state index in [1.807, 2.05) is 0 Å². The third kappa shape index (κ3) is 4.04. The number of carbonyl (C=O) groups is 2. The molecule has 2 saturated heterocycles. The normalized spacial score (nSPS) is 19.9. The number of rotatable bonds is 3. The highest BCUT2D eigenvalue weighted by atomic mass is 19.4. The van der Waals surface area contributed by atoms with Gasteiger partial charge in [0, 0.05) is 38.3 Å². The second kappa shape index (κ2) is 8.10. The second-order valence-electron chi connectivity index (χ2n) is 7.29. The van der Waals surface area contributed by atoms with Crippen LogP contribution >= 0.6 is 0 Å². The molecule has 0 saturated carbocycles. The Balaban J connectivity index is 1.52. The topological polar surface area (TPSA) is 78.5 Å². The molecule has 1 aromatic carbocycles. The van der Waals surface area contributed by atoms with Gasteiger partial charge >= 0.3 is 6.18 Å². The molecule has 2 fully saturated rings. The zero-order chi connectivity index (χ0) is 21.3. The lowest BCUT2D eigenvalue weighted by Gasteiger charge is -2.35. The van der Waals surface area contributed by atoms with Crippen LogP contribution in [0.4, 0.5) is 13.2 Å². The van der Waals surface area contributed by atoms with E-state index in [2.05, 4.69) is 9.97 Å².